The molecule has 1 saturated carbocycles. The largest absolute Gasteiger partial charge is 0.317 e. The van der Waals surface area contributed by atoms with Crippen LogP contribution < -0.4 is 5.32 Å². The van der Waals surface area contributed by atoms with Gasteiger partial charge < -0.3 is 5.32 Å². The first kappa shape index (κ1) is 13.8. The van der Waals surface area contributed by atoms with Gasteiger partial charge in [0.05, 0.1) is 11.0 Å². The summed E-state index contributed by atoms with van der Waals surface area (Å²) in [4.78, 5) is 2.51. The third-order valence-corrected chi connectivity index (χ3v) is 7.44. The van der Waals surface area contributed by atoms with Gasteiger partial charge in [-0.3, -0.25) is 4.90 Å². The number of nitrogens with one attached hydrogen (secondary N) is 1. The predicted molar refractivity (Wildman–Crippen MR) is 77.0 cm³/mol. The topological polar surface area (TPSA) is 49.4 Å². The molecule has 0 amide bonds. The summed E-state index contributed by atoms with van der Waals surface area (Å²) in [6.07, 6.45) is 6.80. The molecule has 0 bridgehead atoms. The van der Waals surface area contributed by atoms with Gasteiger partial charge in [-0.2, -0.15) is 0 Å². The molecule has 5 heteroatoms. The van der Waals surface area contributed by atoms with Crippen molar-refractivity contribution in [1.82, 2.24) is 10.2 Å². The molecule has 110 valence electrons. The Morgan fingerprint density at radius 2 is 1.79 bits per heavy atom. The minimum atomic E-state index is -2.81. The van der Waals surface area contributed by atoms with Gasteiger partial charge in [0.2, 0.25) is 0 Å². The zero-order chi connectivity index (χ0) is 13.3. The van der Waals surface area contributed by atoms with Gasteiger partial charge >= 0.3 is 0 Å². The van der Waals surface area contributed by atoms with Crippen LogP contribution >= 0.6 is 0 Å². The molecular formula is C14H26N2O2S. The summed E-state index contributed by atoms with van der Waals surface area (Å²) in [5.74, 6) is 1.16. The molecule has 2 atom stereocenters. The fourth-order valence-corrected chi connectivity index (χ4v) is 6.20. The average molecular weight is 286 g/mol. The van der Waals surface area contributed by atoms with Crippen LogP contribution in [0.3, 0.4) is 0 Å². The number of nitrogens with zero attached hydrogens (tertiary/aromatic N) is 1. The standard InChI is InChI=1S/C14H26N2O2S/c17-19(18)10-9-16(11-12-5-7-15-8-6-12)13-3-1-2-4-14(13)19/h12-15H,1-11H2. The molecular weight excluding hydrogens is 260 g/mol. The van der Waals surface area contributed by atoms with Crippen LogP contribution in [-0.2, 0) is 9.84 Å². The van der Waals surface area contributed by atoms with E-state index < -0.39 is 9.84 Å². The van der Waals surface area contributed by atoms with Crippen molar-refractivity contribution in [3.63, 3.8) is 0 Å². The predicted octanol–water partition coefficient (Wildman–Crippen LogP) is 1.03. The molecule has 3 rings (SSSR count). The molecule has 2 aliphatic heterocycles. The van der Waals surface area contributed by atoms with Crippen LogP contribution in [0.2, 0.25) is 0 Å². The maximum Gasteiger partial charge on any atom is 0.155 e. The Morgan fingerprint density at radius 1 is 1.05 bits per heavy atom. The van der Waals surface area contributed by atoms with E-state index in [1.165, 1.54) is 19.3 Å². The lowest BCUT2D eigenvalue weighted by atomic mass is 9.91. The van der Waals surface area contributed by atoms with E-state index in [2.05, 4.69) is 10.2 Å². The lowest BCUT2D eigenvalue weighted by Gasteiger charge is -2.45. The van der Waals surface area contributed by atoms with Crippen molar-refractivity contribution in [3.8, 4) is 0 Å². The van der Waals surface area contributed by atoms with Gasteiger partial charge in [0.15, 0.2) is 9.84 Å². The molecule has 2 unspecified atom stereocenters. The molecule has 3 aliphatic rings. The van der Waals surface area contributed by atoms with Crippen molar-refractivity contribution < 1.29 is 8.42 Å². The van der Waals surface area contributed by atoms with Gasteiger partial charge in [0.1, 0.15) is 0 Å². The Hall–Kier alpha value is -0.130. The molecule has 1 N–H and O–H groups in total. The fourth-order valence-electron chi connectivity index (χ4n) is 4.10. The van der Waals surface area contributed by atoms with E-state index in [0.717, 1.165) is 51.4 Å². The highest BCUT2D eigenvalue weighted by atomic mass is 32.2. The Kier molecular flexibility index (Phi) is 4.15. The van der Waals surface area contributed by atoms with Crippen LogP contribution in [0.25, 0.3) is 0 Å². The molecule has 0 radical (unpaired) electrons. The Morgan fingerprint density at radius 3 is 2.58 bits per heavy atom. The Bertz CT molecular complexity index is 404. The normalized spacial score (nSPS) is 36.8. The smallest absolute Gasteiger partial charge is 0.155 e. The third-order valence-electron chi connectivity index (χ3n) is 5.21. The van der Waals surface area contributed by atoms with Gasteiger partial charge in [-0.15, -0.1) is 0 Å². The van der Waals surface area contributed by atoms with Crippen LogP contribution in [0, 0.1) is 5.92 Å². The number of piperidine rings is 1. The molecule has 0 aromatic heterocycles. The van der Waals surface area contributed by atoms with Crippen molar-refractivity contribution in [2.45, 2.75) is 49.8 Å². The second kappa shape index (κ2) is 5.70. The van der Waals surface area contributed by atoms with Crippen LogP contribution in [0.4, 0.5) is 0 Å². The van der Waals surface area contributed by atoms with E-state index in [1.807, 2.05) is 0 Å². The average Bonchev–Trinajstić information content (AvgIpc) is 2.44. The van der Waals surface area contributed by atoms with Gasteiger partial charge in [-0.05, 0) is 44.7 Å². The van der Waals surface area contributed by atoms with Crippen molar-refractivity contribution in [2.75, 3.05) is 31.9 Å². The molecule has 0 aromatic rings. The zero-order valence-electron chi connectivity index (χ0n) is 11.7. The molecule has 3 fully saturated rings. The van der Waals surface area contributed by atoms with E-state index in [1.54, 1.807) is 0 Å². The molecule has 2 saturated heterocycles. The lowest BCUT2D eigenvalue weighted by Crippen LogP contribution is -2.57. The van der Waals surface area contributed by atoms with Crippen molar-refractivity contribution in [3.05, 3.63) is 0 Å². The number of fused-ring (bicyclic) bond motifs is 1. The van der Waals surface area contributed by atoms with E-state index in [0.29, 0.717) is 11.8 Å². The summed E-state index contributed by atoms with van der Waals surface area (Å²) in [5, 5.41) is 3.35. The summed E-state index contributed by atoms with van der Waals surface area (Å²) in [5.41, 5.74) is 0. The lowest BCUT2D eigenvalue weighted by molar-refractivity contribution is 0.124. The molecule has 2 heterocycles. The third kappa shape index (κ3) is 2.98. The van der Waals surface area contributed by atoms with Gasteiger partial charge in [-0.1, -0.05) is 12.8 Å². The second-order valence-electron chi connectivity index (χ2n) is 6.45. The van der Waals surface area contributed by atoms with Crippen LogP contribution in [0.15, 0.2) is 0 Å². The monoisotopic (exact) mass is 286 g/mol. The highest BCUT2D eigenvalue weighted by molar-refractivity contribution is 7.92. The molecule has 0 aromatic carbocycles. The van der Waals surface area contributed by atoms with Crippen molar-refractivity contribution >= 4 is 9.84 Å². The quantitative estimate of drug-likeness (QED) is 0.824. The minimum absolute atomic E-state index is 0.0586. The van der Waals surface area contributed by atoms with Gasteiger partial charge in [-0.25, -0.2) is 8.42 Å². The number of hydrogen-bond donors (Lipinski definition) is 1. The number of sulfone groups is 1. The Balaban J connectivity index is 1.68. The zero-order valence-corrected chi connectivity index (χ0v) is 12.5. The summed E-state index contributed by atoms with van der Waals surface area (Å²) in [7, 11) is -2.81. The van der Waals surface area contributed by atoms with Gasteiger partial charge in [0, 0.05) is 19.1 Å². The van der Waals surface area contributed by atoms with Crippen molar-refractivity contribution in [1.29, 1.82) is 0 Å². The number of rotatable bonds is 2. The first-order valence-corrected chi connectivity index (χ1v) is 9.55. The van der Waals surface area contributed by atoms with Crippen LogP contribution in [0.5, 0.6) is 0 Å². The Labute approximate surface area is 116 Å². The second-order valence-corrected chi connectivity index (χ2v) is 8.79. The SMILES string of the molecule is O=S1(=O)CCN(CC2CCNCC2)C2CCCCC21. The number of hydrogen-bond acceptors (Lipinski definition) is 4. The molecule has 4 nitrogen and oxygen atoms in total. The van der Waals surface area contributed by atoms with Crippen molar-refractivity contribution in [2.24, 2.45) is 5.92 Å². The minimum Gasteiger partial charge on any atom is -0.317 e. The summed E-state index contributed by atoms with van der Waals surface area (Å²) in [6, 6.07) is 0.322. The summed E-state index contributed by atoms with van der Waals surface area (Å²) < 4.78 is 24.4. The summed E-state index contributed by atoms with van der Waals surface area (Å²) >= 11 is 0. The maximum atomic E-state index is 12.2. The van der Waals surface area contributed by atoms with E-state index >= 15 is 0 Å². The first-order valence-electron chi connectivity index (χ1n) is 7.83. The molecule has 0 spiro atoms. The summed E-state index contributed by atoms with van der Waals surface area (Å²) in [6.45, 7) is 4.15. The first-order chi connectivity index (χ1) is 9.17. The van der Waals surface area contributed by atoms with Crippen LogP contribution in [0.1, 0.15) is 38.5 Å². The maximum absolute atomic E-state index is 12.2. The molecule has 19 heavy (non-hydrogen) atoms. The highest BCUT2D eigenvalue weighted by Crippen LogP contribution is 2.33. The van der Waals surface area contributed by atoms with E-state index in [-0.39, 0.29) is 5.25 Å². The van der Waals surface area contributed by atoms with E-state index in [4.69, 9.17) is 0 Å². The highest BCUT2D eigenvalue weighted by Gasteiger charge is 2.42. The van der Waals surface area contributed by atoms with Gasteiger partial charge in [0.25, 0.3) is 0 Å². The molecule has 1 aliphatic carbocycles. The van der Waals surface area contributed by atoms with E-state index in [9.17, 15) is 8.42 Å². The fraction of sp³-hybridized carbons (Fsp3) is 1.00. The van der Waals surface area contributed by atoms with Crippen LogP contribution in [-0.4, -0.2) is 56.5 Å².